The Labute approximate surface area is 181 Å². The van der Waals surface area contributed by atoms with Crippen molar-refractivity contribution in [2.24, 2.45) is 0 Å². The van der Waals surface area contributed by atoms with Crippen LogP contribution in [0.3, 0.4) is 0 Å². The van der Waals surface area contributed by atoms with Crippen LogP contribution in [0.25, 0.3) is 5.69 Å². The van der Waals surface area contributed by atoms with Crippen LogP contribution in [0.1, 0.15) is 37.9 Å². The van der Waals surface area contributed by atoms with Crippen LogP contribution in [0.4, 0.5) is 8.78 Å². The summed E-state index contributed by atoms with van der Waals surface area (Å²) in [5.41, 5.74) is 2.29. The molecule has 0 amide bonds. The molecule has 1 N–H and O–H groups in total. The van der Waals surface area contributed by atoms with E-state index in [0.717, 1.165) is 24.2 Å². The highest BCUT2D eigenvalue weighted by molar-refractivity contribution is 5.43. The highest BCUT2D eigenvalue weighted by Crippen LogP contribution is 2.32. The quantitative estimate of drug-likeness (QED) is 0.479. The number of rotatable bonds is 10. The Kier molecular flexibility index (Phi) is 7.76. The number of benzene rings is 2. The first-order chi connectivity index (χ1) is 14.9. The second-order valence-electron chi connectivity index (χ2n) is 7.61. The Morgan fingerprint density at radius 1 is 1.03 bits per heavy atom. The first-order valence-corrected chi connectivity index (χ1v) is 10.6. The lowest BCUT2D eigenvalue weighted by Gasteiger charge is -2.24. The molecule has 0 aliphatic heterocycles. The number of halogens is 2. The van der Waals surface area contributed by atoms with Gasteiger partial charge in [0.1, 0.15) is 17.4 Å². The maximum atomic E-state index is 13.5. The van der Waals surface area contributed by atoms with E-state index in [-0.39, 0.29) is 11.6 Å². The average Bonchev–Trinajstić information content (AvgIpc) is 3.05. The molecule has 166 valence electrons. The van der Waals surface area contributed by atoms with Crippen molar-refractivity contribution in [2.45, 2.75) is 46.3 Å². The lowest BCUT2D eigenvalue weighted by Crippen LogP contribution is -2.32. The molecule has 0 aliphatic carbocycles. The molecule has 1 aromatic heterocycles. The van der Waals surface area contributed by atoms with Gasteiger partial charge >= 0.3 is 0 Å². The lowest BCUT2D eigenvalue weighted by atomic mass is 10.2. The summed E-state index contributed by atoms with van der Waals surface area (Å²) in [5.74, 6) is 0.277. The van der Waals surface area contributed by atoms with Crippen LogP contribution in [-0.2, 0) is 6.54 Å². The first-order valence-electron chi connectivity index (χ1n) is 10.6. The third kappa shape index (κ3) is 5.89. The van der Waals surface area contributed by atoms with Gasteiger partial charge in [0.05, 0.1) is 23.0 Å². The molecule has 2 aromatic carbocycles. The molecule has 7 heteroatoms. The monoisotopic (exact) mass is 429 g/mol. The summed E-state index contributed by atoms with van der Waals surface area (Å²) >= 11 is 0. The van der Waals surface area contributed by atoms with Gasteiger partial charge in [-0.25, -0.2) is 13.5 Å². The van der Waals surface area contributed by atoms with Gasteiger partial charge in [0.2, 0.25) is 5.88 Å². The zero-order valence-electron chi connectivity index (χ0n) is 18.2. The Morgan fingerprint density at radius 3 is 2.23 bits per heavy atom. The van der Waals surface area contributed by atoms with Crippen molar-refractivity contribution in [1.29, 1.82) is 0 Å². The molecule has 0 fully saturated rings. The molecule has 0 saturated carbocycles. The Morgan fingerprint density at radius 2 is 1.65 bits per heavy atom. The zero-order chi connectivity index (χ0) is 22.4. The van der Waals surface area contributed by atoms with Gasteiger partial charge in [-0.15, -0.1) is 0 Å². The minimum absolute atomic E-state index is 0.337. The van der Waals surface area contributed by atoms with E-state index in [1.165, 1.54) is 24.3 Å². The van der Waals surface area contributed by atoms with Crippen LogP contribution in [0, 0.1) is 18.6 Å². The molecule has 31 heavy (non-hydrogen) atoms. The van der Waals surface area contributed by atoms with Crippen LogP contribution in [-0.4, -0.2) is 39.0 Å². The number of aryl methyl sites for hydroxylation is 1. The van der Waals surface area contributed by atoms with E-state index in [9.17, 15) is 13.9 Å². The molecule has 0 saturated heterocycles. The molecule has 0 spiro atoms. The normalized spacial score (nSPS) is 12.4. The second-order valence-corrected chi connectivity index (χ2v) is 7.61. The molecule has 0 bridgehead atoms. The number of hydrogen-bond donors (Lipinski definition) is 1. The van der Waals surface area contributed by atoms with E-state index in [0.29, 0.717) is 36.8 Å². The summed E-state index contributed by atoms with van der Waals surface area (Å²) in [6.45, 7) is 7.84. The lowest BCUT2D eigenvalue weighted by molar-refractivity contribution is 0.105. The summed E-state index contributed by atoms with van der Waals surface area (Å²) in [6, 6.07) is 11.8. The van der Waals surface area contributed by atoms with Gasteiger partial charge in [0.25, 0.3) is 0 Å². The van der Waals surface area contributed by atoms with Crippen molar-refractivity contribution in [3.05, 3.63) is 71.4 Å². The van der Waals surface area contributed by atoms with E-state index in [2.05, 4.69) is 16.9 Å². The number of ether oxygens (including phenoxy) is 1. The molecule has 3 rings (SSSR count). The third-order valence-corrected chi connectivity index (χ3v) is 5.10. The highest BCUT2D eigenvalue weighted by Gasteiger charge is 2.22. The van der Waals surface area contributed by atoms with E-state index in [4.69, 9.17) is 4.74 Å². The summed E-state index contributed by atoms with van der Waals surface area (Å²) in [4.78, 5) is 2.17. The minimum atomic E-state index is -0.416. The first kappa shape index (κ1) is 22.9. The smallest absolute Gasteiger partial charge is 0.227 e. The van der Waals surface area contributed by atoms with Gasteiger partial charge in [-0.1, -0.05) is 13.8 Å². The molecule has 0 radical (unpaired) electrons. The number of nitrogens with zero attached hydrogens (tertiary/aromatic N) is 3. The fraction of sp³-hybridized carbons (Fsp3) is 0.375. The minimum Gasteiger partial charge on any atom is -0.439 e. The van der Waals surface area contributed by atoms with Crippen LogP contribution < -0.4 is 4.74 Å². The van der Waals surface area contributed by atoms with Crippen molar-refractivity contribution in [3.8, 4) is 17.3 Å². The fourth-order valence-corrected chi connectivity index (χ4v) is 3.40. The largest absolute Gasteiger partial charge is 0.439 e. The van der Waals surface area contributed by atoms with E-state index in [1.54, 1.807) is 28.9 Å². The number of aromatic nitrogens is 2. The topological polar surface area (TPSA) is 50.5 Å². The van der Waals surface area contributed by atoms with Gasteiger partial charge in [-0.05, 0) is 74.8 Å². The number of aliphatic hydroxyl groups excluding tert-OH is 1. The Bertz CT molecular complexity index is 972. The van der Waals surface area contributed by atoms with Crippen molar-refractivity contribution in [1.82, 2.24) is 14.7 Å². The Balaban J connectivity index is 2.01. The predicted octanol–water partition coefficient (Wildman–Crippen LogP) is 5.23. The van der Waals surface area contributed by atoms with Gasteiger partial charge in [0.15, 0.2) is 0 Å². The SMILES string of the molecule is CCCN(Cc1c(C)nn(-c2ccc(F)cc2)c1Oc1ccc(F)cc1)CC(O)CC. The van der Waals surface area contributed by atoms with Crippen LogP contribution in [0.15, 0.2) is 48.5 Å². The van der Waals surface area contributed by atoms with Gasteiger partial charge < -0.3 is 9.84 Å². The third-order valence-electron chi connectivity index (χ3n) is 5.10. The molecule has 3 aromatic rings. The summed E-state index contributed by atoms with van der Waals surface area (Å²) in [6.07, 6.45) is 1.20. The molecule has 1 atom stereocenters. The van der Waals surface area contributed by atoms with Crippen LogP contribution >= 0.6 is 0 Å². The molecular weight excluding hydrogens is 400 g/mol. The highest BCUT2D eigenvalue weighted by atomic mass is 19.1. The maximum absolute atomic E-state index is 13.5. The van der Waals surface area contributed by atoms with Gasteiger partial charge in [-0.3, -0.25) is 4.90 Å². The molecular formula is C24H29F2N3O2. The standard InChI is InChI=1S/C24H29F2N3O2/c1-4-14-28(15-21(30)5-2)16-23-17(3)27-29(20-10-6-18(25)7-11-20)24(23)31-22-12-8-19(26)9-13-22/h6-13,21,30H,4-5,14-16H2,1-3H3. The van der Waals surface area contributed by atoms with Gasteiger partial charge in [0, 0.05) is 13.1 Å². The number of aliphatic hydroxyl groups is 1. The van der Waals surface area contributed by atoms with Crippen molar-refractivity contribution in [3.63, 3.8) is 0 Å². The molecule has 1 unspecified atom stereocenters. The predicted molar refractivity (Wildman–Crippen MR) is 117 cm³/mol. The molecule has 5 nitrogen and oxygen atoms in total. The average molecular weight is 430 g/mol. The molecule has 0 aliphatic rings. The van der Waals surface area contributed by atoms with E-state index >= 15 is 0 Å². The zero-order valence-corrected chi connectivity index (χ0v) is 18.2. The van der Waals surface area contributed by atoms with Gasteiger partial charge in [-0.2, -0.15) is 5.10 Å². The van der Waals surface area contributed by atoms with Crippen LogP contribution in [0.5, 0.6) is 11.6 Å². The second kappa shape index (κ2) is 10.5. The van der Waals surface area contributed by atoms with Crippen molar-refractivity contribution >= 4 is 0 Å². The number of hydrogen-bond acceptors (Lipinski definition) is 4. The molecule has 1 heterocycles. The maximum Gasteiger partial charge on any atom is 0.227 e. The van der Waals surface area contributed by atoms with Crippen molar-refractivity contribution < 1.29 is 18.6 Å². The fourth-order valence-electron chi connectivity index (χ4n) is 3.40. The summed E-state index contributed by atoms with van der Waals surface area (Å²) in [5, 5.41) is 14.8. The van der Waals surface area contributed by atoms with Crippen molar-refractivity contribution in [2.75, 3.05) is 13.1 Å². The van der Waals surface area contributed by atoms with E-state index < -0.39 is 6.10 Å². The summed E-state index contributed by atoms with van der Waals surface area (Å²) in [7, 11) is 0. The van der Waals surface area contributed by atoms with E-state index in [1.807, 2.05) is 13.8 Å². The van der Waals surface area contributed by atoms with Crippen LogP contribution in [0.2, 0.25) is 0 Å². The summed E-state index contributed by atoms with van der Waals surface area (Å²) < 4.78 is 34.6. The Hall–Kier alpha value is -2.77.